The Morgan fingerprint density at radius 2 is 1.69 bits per heavy atom. The fourth-order valence-corrected chi connectivity index (χ4v) is 3.57. The smallest absolute Gasteiger partial charge is 0.475 e. The van der Waals surface area contributed by atoms with E-state index < -0.39 is 18.0 Å². The highest BCUT2D eigenvalue weighted by Crippen LogP contribution is 2.30. The van der Waals surface area contributed by atoms with Gasteiger partial charge in [0.2, 0.25) is 0 Å². The van der Waals surface area contributed by atoms with Gasteiger partial charge in [-0.05, 0) is 42.3 Å². The molecule has 0 spiro atoms. The Balaban J connectivity index is 0.000000532. The number of amidine groups is 1. The molecule has 0 aliphatic heterocycles. The molecule has 0 amide bonds. The third kappa shape index (κ3) is 7.40. The minimum atomic E-state index is -5.08. The van der Waals surface area contributed by atoms with Gasteiger partial charge in [0.25, 0.3) is 0 Å². The van der Waals surface area contributed by atoms with E-state index >= 15 is 0 Å². The lowest BCUT2D eigenvalue weighted by molar-refractivity contribution is -0.192. The van der Waals surface area contributed by atoms with Gasteiger partial charge in [-0.3, -0.25) is 10.1 Å². The summed E-state index contributed by atoms with van der Waals surface area (Å²) in [6.45, 7) is 2.49. The molecule has 0 atom stereocenters. The Bertz CT molecular complexity index is 1450. The number of aryl methyl sites for hydroxylation is 2. The summed E-state index contributed by atoms with van der Waals surface area (Å²) in [6, 6.07) is 22.6. The number of carboxylic acids is 1. The molecule has 12 heteroatoms. The standard InChI is InChI=1S/C25H25FN6.C2HF3O2/c1-3-17-8-7-11-19(14-17)32(20-12-13-21(24(27)28)22(26)15-20)16-23-29-25(30-31(23)2)18-9-5-4-6-10-18;3-2(4,5)1(6)7/h4-15H,3,16H2,1-2H3,(H3,27,28);(H,6,7). The van der Waals surface area contributed by atoms with Crippen LogP contribution in [-0.4, -0.2) is 37.9 Å². The molecule has 0 aliphatic rings. The van der Waals surface area contributed by atoms with Gasteiger partial charge in [0.15, 0.2) is 5.82 Å². The van der Waals surface area contributed by atoms with E-state index in [-0.39, 0.29) is 11.4 Å². The zero-order valence-electron chi connectivity index (χ0n) is 21.1. The Kier molecular flexibility index (Phi) is 9.02. The van der Waals surface area contributed by atoms with Crippen molar-refractivity contribution < 1.29 is 27.5 Å². The minimum Gasteiger partial charge on any atom is -0.475 e. The first-order valence-corrected chi connectivity index (χ1v) is 11.7. The molecule has 3 aromatic carbocycles. The average molecular weight is 543 g/mol. The molecule has 0 aliphatic carbocycles. The molecule has 0 fully saturated rings. The predicted octanol–water partition coefficient (Wildman–Crippen LogP) is 5.44. The lowest BCUT2D eigenvalue weighted by Crippen LogP contribution is -2.21. The van der Waals surface area contributed by atoms with Crippen molar-refractivity contribution in [3.05, 3.63) is 95.6 Å². The van der Waals surface area contributed by atoms with Crippen LogP contribution in [-0.2, 0) is 24.8 Å². The van der Waals surface area contributed by atoms with Crippen molar-refractivity contribution in [3.63, 3.8) is 0 Å². The summed E-state index contributed by atoms with van der Waals surface area (Å²) < 4.78 is 48.2. The first kappa shape index (κ1) is 28.8. The van der Waals surface area contributed by atoms with Crippen LogP contribution in [0.15, 0.2) is 72.8 Å². The first-order valence-electron chi connectivity index (χ1n) is 11.7. The number of hydrogen-bond donors (Lipinski definition) is 3. The molecular weight excluding hydrogens is 516 g/mol. The maximum absolute atomic E-state index is 14.7. The molecule has 4 rings (SSSR count). The Labute approximate surface area is 221 Å². The molecule has 0 bridgehead atoms. The molecule has 0 radical (unpaired) electrons. The lowest BCUT2D eigenvalue weighted by atomic mass is 10.1. The summed E-state index contributed by atoms with van der Waals surface area (Å²) in [5.74, 6) is -2.21. The average Bonchev–Trinajstić information content (AvgIpc) is 3.27. The monoisotopic (exact) mass is 542 g/mol. The summed E-state index contributed by atoms with van der Waals surface area (Å²) in [5, 5.41) is 19.3. The Hall–Kier alpha value is -4.74. The van der Waals surface area contributed by atoms with Crippen molar-refractivity contribution in [2.75, 3.05) is 4.90 Å². The van der Waals surface area contributed by atoms with Gasteiger partial charge in [-0.15, -0.1) is 0 Å². The molecule has 204 valence electrons. The number of nitrogen functional groups attached to an aromatic ring is 1. The fraction of sp³-hybridized carbons (Fsp3) is 0.185. The zero-order chi connectivity index (χ0) is 28.7. The highest BCUT2D eigenvalue weighted by molar-refractivity contribution is 5.95. The number of benzene rings is 3. The van der Waals surface area contributed by atoms with E-state index in [4.69, 9.17) is 26.0 Å². The topological polar surface area (TPSA) is 121 Å². The second-order valence-electron chi connectivity index (χ2n) is 8.33. The number of aromatic nitrogens is 3. The van der Waals surface area contributed by atoms with Crippen molar-refractivity contribution in [2.45, 2.75) is 26.1 Å². The lowest BCUT2D eigenvalue weighted by Gasteiger charge is -2.25. The molecule has 8 nitrogen and oxygen atoms in total. The maximum Gasteiger partial charge on any atom is 0.490 e. The number of rotatable bonds is 7. The van der Waals surface area contributed by atoms with E-state index in [1.165, 1.54) is 17.7 Å². The Morgan fingerprint density at radius 1 is 1.05 bits per heavy atom. The second-order valence-corrected chi connectivity index (χ2v) is 8.33. The van der Waals surface area contributed by atoms with E-state index in [2.05, 4.69) is 24.2 Å². The fourth-order valence-electron chi connectivity index (χ4n) is 3.57. The summed E-state index contributed by atoms with van der Waals surface area (Å²) in [5.41, 5.74) is 9.26. The van der Waals surface area contributed by atoms with Crippen molar-refractivity contribution in [1.82, 2.24) is 14.8 Å². The number of nitrogens with one attached hydrogen (secondary N) is 1. The van der Waals surface area contributed by atoms with Crippen LogP contribution in [0.3, 0.4) is 0 Å². The quantitative estimate of drug-likeness (QED) is 0.163. The molecule has 4 N–H and O–H groups in total. The van der Waals surface area contributed by atoms with E-state index in [0.29, 0.717) is 18.1 Å². The molecular formula is C27H26F4N6O2. The molecule has 0 saturated carbocycles. The number of nitrogens with zero attached hydrogens (tertiary/aromatic N) is 4. The van der Waals surface area contributed by atoms with E-state index in [9.17, 15) is 17.6 Å². The molecule has 1 aromatic heterocycles. The van der Waals surface area contributed by atoms with Crippen LogP contribution in [0.25, 0.3) is 11.4 Å². The number of carboxylic acid groups (broad SMARTS) is 1. The van der Waals surface area contributed by atoms with Crippen molar-refractivity contribution in [1.29, 1.82) is 5.41 Å². The van der Waals surface area contributed by atoms with Crippen LogP contribution >= 0.6 is 0 Å². The van der Waals surface area contributed by atoms with Crippen LogP contribution in [0.5, 0.6) is 0 Å². The van der Waals surface area contributed by atoms with Gasteiger partial charge in [0, 0.05) is 24.0 Å². The van der Waals surface area contributed by atoms with Gasteiger partial charge in [0.1, 0.15) is 17.5 Å². The van der Waals surface area contributed by atoms with E-state index in [1.807, 2.05) is 54.4 Å². The van der Waals surface area contributed by atoms with Crippen LogP contribution in [0.4, 0.5) is 28.9 Å². The second kappa shape index (κ2) is 12.2. The number of carbonyl (C=O) groups is 1. The molecule has 39 heavy (non-hydrogen) atoms. The molecule has 0 unspecified atom stereocenters. The van der Waals surface area contributed by atoms with Crippen LogP contribution in [0, 0.1) is 11.2 Å². The van der Waals surface area contributed by atoms with Crippen LogP contribution < -0.4 is 10.6 Å². The van der Waals surface area contributed by atoms with Crippen LogP contribution in [0.2, 0.25) is 0 Å². The van der Waals surface area contributed by atoms with Crippen molar-refractivity contribution in [2.24, 2.45) is 12.8 Å². The normalized spacial score (nSPS) is 10.9. The predicted molar refractivity (Wildman–Crippen MR) is 139 cm³/mol. The molecule has 4 aromatic rings. The van der Waals surface area contributed by atoms with E-state index in [0.717, 1.165) is 23.5 Å². The Morgan fingerprint density at radius 3 is 2.26 bits per heavy atom. The van der Waals surface area contributed by atoms with Gasteiger partial charge >= 0.3 is 12.1 Å². The number of hydrogen-bond acceptors (Lipinski definition) is 5. The number of nitrogens with two attached hydrogens (primary N) is 1. The number of anilines is 2. The third-order valence-electron chi connectivity index (χ3n) is 5.61. The summed E-state index contributed by atoms with van der Waals surface area (Å²) >= 11 is 0. The third-order valence-corrected chi connectivity index (χ3v) is 5.61. The van der Waals surface area contributed by atoms with Crippen molar-refractivity contribution >= 4 is 23.2 Å². The van der Waals surface area contributed by atoms with E-state index in [1.54, 1.807) is 10.7 Å². The number of alkyl halides is 3. The molecule has 0 saturated heterocycles. The summed E-state index contributed by atoms with van der Waals surface area (Å²) in [6.07, 6.45) is -4.19. The number of halogens is 4. The van der Waals surface area contributed by atoms with Gasteiger partial charge in [-0.25, -0.2) is 14.2 Å². The van der Waals surface area contributed by atoms with Gasteiger partial charge in [-0.2, -0.15) is 18.3 Å². The SMILES string of the molecule is CCc1cccc(N(Cc2nc(-c3ccccc3)nn2C)c2ccc(C(=N)N)c(F)c2)c1.O=C(O)C(F)(F)F. The van der Waals surface area contributed by atoms with Gasteiger partial charge < -0.3 is 15.7 Å². The minimum absolute atomic E-state index is 0.0843. The van der Waals surface area contributed by atoms with Crippen LogP contribution in [0.1, 0.15) is 23.9 Å². The van der Waals surface area contributed by atoms with Gasteiger partial charge in [0.05, 0.1) is 12.1 Å². The van der Waals surface area contributed by atoms with Crippen molar-refractivity contribution in [3.8, 4) is 11.4 Å². The highest BCUT2D eigenvalue weighted by atomic mass is 19.4. The highest BCUT2D eigenvalue weighted by Gasteiger charge is 2.38. The summed E-state index contributed by atoms with van der Waals surface area (Å²) in [7, 11) is 1.86. The first-order chi connectivity index (χ1) is 18.4. The van der Waals surface area contributed by atoms with Gasteiger partial charge in [-0.1, -0.05) is 49.4 Å². The number of aliphatic carboxylic acids is 1. The molecule has 1 heterocycles. The largest absolute Gasteiger partial charge is 0.490 e. The maximum atomic E-state index is 14.7. The zero-order valence-corrected chi connectivity index (χ0v) is 21.1. The summed E-state index contributed by atoms with van der Waals surface area (Å²) in [4.78, 5) is 15.6.